The predicted molar refractivity (Wildman–Crippen MR) is 110 cm³/mol. The lowest BCUT2D eigenvalue weighted by molar-refractivity contribution is -0.135. The molecule has 2 aliphatic rings. The average molecular weight is 445 g/mol. The second kappa shape index (κ2) is 9.02. The van der Waals surface area contributed by atoms with Crippen molar-refractivity contribution < 1.29 is 27.6 Å². The number of amides is 3. The minimum Gasteiger partial charge on any atom is -0.341 e. The first-order valence-corrected chi connectivity index (χ1v) is 10.4. The topological polar surface area (TPSA) is 60.9 Å². The van der Waals surface area contributed by atoms with Gasteiger partial charge in [0, 0.05) is 45.2 Å². The summed E-state index contributed by atoms with van der Waals surface area (Å²) in [5.41, 5.74) is -0.0603. The fourth-order valence-corrected chi connectivity index (χ4v) is 4.21. The van der Waals surface area contributed by atoms with Crippen LogP contribution in [0.1, 0.15) is 23.2 Å². The lowest BCUT2D eigenvalue weighted by atomic mass is 10.1. The molecule has 4 rings (SSSR count). The van der Waals surface area contributed by atoms with Gasteiger partial charge in [0.2, 0.25) is 11.8 Å². The Labute approximate surface area is 183 Å². The summed E-state index contributed by atoms with van der Waals surface area (Å²) in [7, 11) is 0. The molecule has 0 radical (unpaired) electrons. The van der Waals surface area contributed by atoms with Crippen molar-refractivity contribution in [2.45, 2.75) is 12.8 Å². The van der Waals surface area contributed by atoms with E-state index in [1.54, 1.807) is 11.0 Å². The van der Waals surface area contributed by atoms with Crippen LogP contribution in [0.2, 0.25) is 0 Å². The van der Waals surface area contributed by atoms with Gasteiger partial charge >= 0.3 is 0 Å². The van der Waals surface area contributed by atoms with Gasteiger partial charge in [-0.3, -0.25) is 14.4 Å². The normalized spacial score (nSPS) is 19.3. The van der Waals surface area contributed by atoms with Crippen LogP contribution < -0.4 is 4.90 Å². The zero-order valence-corrected chi connectivity index (χ0v) is 17.3. The molecular weight excluding hydrogens is 423 g/mol. The highest BCUT2D eigenvalue weighted by atomic mass is 19.1. The molecule has 0 aromatic heterocycles. The molecule has 2 aromatic carbocycles. The Balaban J connectivity index is 1.40. The first-order chi connectivity index (χ1) is 15.3. The summed E-state index contributed by atoms with van der Waals surface area (Å²) >= 11 is 0. The quantitative estimate of drug-likeness (QED) is 0.730. The van der Waals surface area contributed by atoms with Crippen molar-refractivity contribution in [1.29, 1.82) is 0 Å². The molecule has 2 aromatic rings. The van der Waals surface area contributed by atoms with Gasteiger partial charge in [-0.2, -0.15) is 0 Å². The van der Waals surface area contributed by atoms with Crippen LogP contribution in [-0.2, 0) is 9.59 Å². The average Bonchev–Trinajstić information content (AvgIpc) is 2.99. The Morgan fingerprint density at radius 2 is 1.59 bits per heavy atom. The second-order valence-electron chi connectivity index (χ2n) is 7.95. The maximum absolute atomic E-state index is 14.1. The van der Waals surface area contributed by atoms with Crippen molar-refractivity contribution in [1.82, 2.24) is 9.80 Å². The predicted octanol–water partition coefficient (Wildman–Crippen LogP) is 2.83. The Hall–Kier alpha value is -3.36. The number of hydrogen-bond donors (Lipinski definition) is 0. The Morgan fingerprint density at radius 3 is 2.34 bits per heavy atom. The summed E-state index contributed by atoms with van der Waals surface area (Å²) < 4.78 is 41.3. The molecule has 32 heavy (non-hydrogen) atoms. The number of halogens is 3. The van der Waals surface area contributed by atoms with Gasteiger partial charge in [0.05, 0.1) is 17.2 Å². The molecule has 2 fully saturated rings. The minimum absolute atomic E-state index is 0.00852. The third-order valence-corrected chi connectivity index (χ3v) is 5.87. The van der Waals surface area contributed by atoms with Crippen LogP contribution in [0, 0.1) is 23.4 Å². The van der Waals surface area contributed by atoms with E-state index in [2.05, 4.69) is 0 Å². The van der Waals surface area contributed by atoms with Gasteiger partial charge in [0.1, 0.15) is 17.5 Å². The number of hydrogen-bond acceptors (Lipinski definition) is 3. The van der Waals surface area contributed by atoms with Gasteiger partial charge in [0.25, 0.3) is 5.91 Å². The third kappa shape index (κ3) is 4.32. The Bertz CT molecular complexity index is 1060. The van der Waals surface area contributed by atoms with Crippen molar-refractivity contribution in [3.63, 3.8) is 0 Å². The van der Waals surface area contributed by atoms with Crippen molar-refractivity contribution in [2.75, 3.05) is 37.6 Å². The van der Waals surface area contributed by atoms with Gasteiger partial charge in [-0.15, -0.1) is 0 Å². The smallest absolute Gasteiger partial charge is 0.256 e. The highest BCUT2D eigenvalue weighted by Gasteiger charge is 2.38. The number of benzene rings is 2. The van der Waals surface area contributed by atoms with Gasteiger partial charge < -0.3 is 14.7 Å². The first-order valence-electron chi connectivity index (χ1n) is 10.4. The van der Waals surface area contributed by atoms with Crippen LogP contribution in [0.15, 0.2) is 42.5 Å². The second-order valence-corrected chi connectivity index (χ2v) is 7.95. The Morgan fingerprint density at radius 1 is 0.875 bits per heavy atom. The van der Waals surface area contributed by atoms with E-state index in [9.17, 15) is 27.6 Å². The summed E-state index contributed by atoms with van der Waals surface area (Å²) in [6, 6.07) is 8.72. The number of nitrogens with zero attached hydrogens (tertiary/aromatic N) is 3. The van der Waals surface area contributed by atoms with E-state index in [0.717, 1.165) is 6.07 Å². The van der Waals surface area contributed by atoms with E-state index in [0.29, 0.717) is 25.6 Å². The van der Waals surface area contributed by atoms with E-state index in [1.165, 1.54) is 34.1 Å². The molecule has 168 valence electrons. The van der Waals surface area contributed by atoms with Crippen LogP contribution in [0.4, 0.5) is 18.9 Å². The van der Waals surface area contributed by atoms with E-state index < -0.39 is 35.2 Å². The maximum atomic E-state index is 14.1. The molecule has 0 aliphatic carbocycles. The van der Waals surface area contributed by atoms with Crippen molar-refractivity contribution in [2.24, 2.45) is 5.92 Å². The van der Waals surface area contributed by atoms with E-state index in [1.807, 2.05) is 0 Å². The molecular formula is C23H22F3N3O3. The highest BCUT2D eigenvalue weighted by Crippen LogP contribution is 2.29. The van der Waals surface area contributed by atoms with E-state index in [4.69, 9.17) is 0 Å². The van der Waals surface area contributed by atoms with Gasteiger partial charge in [-0.25, -0.2) is 13.2 Å². The number of carbonyl (C=O) groups excluding carboxylic acids is 3. The SMILES string of the molecule is O=C(c1ccccc1F)N1CCCN(C(=O)C2CC(=O)N(c3ccc(F)cc3F)C2)CC1. The molecule has 2 saturated heterocycles. The molecule has 2 heterocycles. The third-order valence-electron chi connectivity index (χ3n) is 5.87. The van der Waals surface area contributed by atoms with Gasteiger partial charge in [0.15, 0.2) is 0 Å². The van der Waals surface area contributed by atoms with Crippen molar-refractivity contribution in [3.8, 4) is 0 Å². The zero-order valence-electron chi connectivity index (χ0n) is 17.3. The monoisotopic (exact) mass is 445 g/mol. The molecule has 1 atom stereocenters. The highest BCUT2D eigenvalue weighted by molar-refractivity contribution is 6.00. The molecule has 3 amide bonds. The fourth-order valence-electron chi connectivity index (χ4n) is 4.21. The molecule has 2 aliphatic heterocycles. The number of carbonyl (C=O) groups is 3. The molecule has 0 spiro atoms. The molecule has 0 N–H and O–H groups in total. The van der Waals surface area contributed by atoms with E-state index >= 15 is 0 Å². The summed E-state index contributed by atoms with van der Waals surface area (Å²) in [6.07, 6.45) is 0.451. The lowest BCUT2D eigenvalue weighted by Crippen LogP contribution is -2.41. The van der Waals surface area contributed by atoms with Crippen LogP contribution in [-0.4, -0.2) is 60.2 Å². The lowest BCUT2D eigenvalue weighted by Gasteiger charge is -2.25. The van der Waals surface area contributed by atoms with Crippen LogP contribution in [0.3, 0.4) is 0 Å². The molecule has 6 nitrogen and oxygen atoms in total. The molecule has 0 bridgehead atoms. The summed E-state index contributed by atoms with van der Waals surface area (Å²) in [5, 5.41) is 0. The van der Waals surface area contributed by atoms with E-state index in [-0.39, 0.29) is 43.2 Å². The van der Waals surface area contributed by atoms with Gasteiger partial charge in [-0.1, -0.05) is 12.1 Å². The van der Waals surface area contributed by atoms with Crippen LogP contribution >= 0.6 is 0 Å². The maximum Gasteiger partial charge on any atom is 0.256 e. The van der Waals surface area contributed by atoms with Crippen LogP contribution in [0.5, 0.6) is 0 Å². The Kier molecular flexibility index (Phi) is 6.16. The number of anilines is 1. The minimum atomic E-state index is -0.858. The first kappa shape index (κ1) is 21.9. The molecule has 1 unspecified atom stereocenters. The summed E-state index contributed by atoms with van der Waals surface area (Å²) in [5.74, 6) is -3.92. The van der Waals surface area contributed by atoms with Crippen molar-refractivity contribution in [3.05, 3.63) is 65.5 Å². The molecule has 9 heteroatoms. The van der Waals surface area contributed by atoms with Crippen LogP contribution in [0.25, 0.3) is 0 Å². The summed E-state index contributed by atoms with van der Waals surface area (Å²) in [6.45, 7) is 1.29. The zero-order chi connectivity index (χ0) is 22.8. The fraction of sp³-hybridized carbons (Fsp3) is 0.348. The number of rotatable bonds is 3. The van der Waals surface area contributed by atoms with Crippen molar-refractivity contribution >= 4 is 23.4 Å². The molecule has 0 saturated carbocycles. The standard InChI is InChI=1S/C23H22F3N3O3/c24-16-6-7-20(19(26)13-16)29-14-15(12-21(29)30)22(31)27-8-3-9-28(11-10-27)23(32)17-4-1-2-5-18(17)25/h1-2,4-7,13,15H,3,8-12,14H2. The summed E-state index contributed by atoms with van der Waals surface area (Å²) in [4.78, 5) is 42.4. The largest absolute Gasteiger partial charge is 0.341 e. The van der Waals surface area contributed by atoms with Gasteiger partial charge in [-0.05, 0) is 30.7 Å².